The van der Waals surface area contributed by atoms with Gasteiger partial charge in [-0.15, -0.1) is 0 Å². The summed E-state index contributed by atoms with van der Waals surface area (Å²) >= 11 is 6.12. The minimum atomic E-state index is -0.109. The summed E-state index contributed by atoms with van der Waals surface area (Å²) in [6, 6.07) is 7.19. The van der Waals surface area contributed by atoms with Crippen LogP contribution in [0.1, 0.15) is 5.56 Å². The number of aryl methyl sites for hydroxylation is 1. The van der Waals surface area contributed by atoms with E-state index in [9.17, 15) is 4.79 Å². The number of halogens is 1. The summed E-state index contributed by atoms with van der Waals surface area (Å²) in [4.78, 5) is 11.9. The Labute approximate surface area is 122 Å². The number of benzene rings is 1. The lowest BCUT2D eigenvalue weighted by Gasteiger charge is -2.09. The summed E-state index contributed by atoms with van der Waals surface area (Å²) in [6.07, 6.45) is 0. The maximum Gasteiger partial charge on any atom is 0.271 e. The van der Waals surface area contributed by atoms with E-state index >= 15 is 0 Å². The molecule has 0 aliphatic heterocycles. The first kappa shape index (κ1) is 14.6. The van der Waals surface area contributed by atoms with Crippen LogP contribution in [-0.2, 0) is 13.6 Å². The highest BCUT2D eigenvalue weighted by Crippen LogP contribution is 2.29. The van der Waals surface area contributed by atoms with E-state index < -0.39 is 0 Å². The molecule has 0 fully saturated rings. The second-order valence-electron chi connectivity index (χ2n) is 4.36. The fraction of sp³-hybridized carbons (Fsp3) is 0.286. The van der Waals surface area contributed by atoms with Crippen LogP contribution in [0.25, 0.3) is 11.3 Å². The lowest BCUT2D eigenvalue weighted by molar-refractivity contribution is 0.415. The molecule has 2 rings (SSSR count). The van der Waals surface area contributed by atoms with Crippen LogP contribution in [0.2, 0.25) is 5.02 Å². The van der Waals surface area contributed by atoms with Gasteiger partial charge in [-0.25, -0.2) is 4.68 Å². The van der Waals surface area contributed by atoms with Gasteiger partial charge in [0, 0.05) is 24.7 Å². The lowest BCUT2D eigenvalue weighted by Crippen LogP contribution is -2.26. The zero-order valence-electron chi connectivity index (χ0n) is 11.6. The van der Waals surface area contributed by atoms with E-state index in [1.807, 2.05) is 6.07 Å². The standard InChI is InChI=1S/C14H16ClN3O2/c1-16-8-10-7-12(17-18(2)14(10)19)9-4-5-13(20-3)11(15)6-9/h4-7,16H,8H2,1-3H3. The topological polar surface area (TPSA) is 56.1 Å². The number of nitrogens with one attached hydrogen (secondary N) is 1. The predicted octanol–water partition coefficient (Wildman–Crippen LogP) is 1.83. The van der Waals surface area contributed by atoms with Crippen molar-refractivity contribution in [2.24, 2.45) is 7.05 Å². The molecule has 0 saturated carbocycles. The van der Waals surface area contributed by atoms with Gasteiger partial charge in [0.1, 0.15) is 5.75 Å². The van der Waals surface area contributed by atoms with Gasteiger partial charge in [0.25, 0.3) is 5.56 Å². The molecule has 2 aromatic rings. The molecule has 0 radical (unpaired) electrons. The average Bonchev–Trinajstić information content (AvgIpc) is 2.43. The molecule has 20 heavy (non-hydrogen) atoms. The molecule has 0 bridgehead atoms. The van der Waals surface area contributed by atoms with Crippen molar-refractivity contribution in [1.82, 2.24) is 15.1 Å². The fourth-order valence-corrected chi connectivity index (χ4v) is 2.21. The Morgan fingerprint density at radius 3 is 2.75 bits per heavy atom. The highest BCUT2D eigenvalue weighted by Gasteiger charge is 2.09. The minimum Gasteiger partial charge on any atom is -0.495 e. The van der Waals surface area contributed by atoms with E-state index in [-0.39, 0.29) is 5.56 Å². The number of aromatic nitrogens is 2. The Hall–Kier alpha value is -1.85. The molecule has 0 aliphatic rings. The van der Waals surface area contributed by atoms with E-state index in [0.717, 1.165) is 5.56 Å². The number of ether oxygens (including phenoxy) is 1. The largest absolute Gasteiger partial charge is 0.495 e. The monoisotopic (exact) mass is 293 g/mol. The summed E-state index contributed by atoms with van der Waals surface area (Å²) < 4.78 is 6.46. The van der Waals surface area contributed by atoms with Gasteiger partial charge in [-0.05, 0) is 31.3 Å². The van der Waals surface area contributed by atoms with Gasteiger partial charge < -0.3 is 10.1 Å². The lowest BCUT2D eigenvalue weighted by atomic mass is 10.1. The molecule has 0 unspecified atom stereocenters. The highest BCUT2D eigenvalue weighted by atomic mass is 35.5. The Kier molecular flexibility index (Phi) is 4.42. The molecule has 0 spiro atoms. The third-order valence-electron chi connectivity index (χ3n) is 2.95. The van der Waals surface area contributed by atoms with E-state index in [0.29, 0.717) is 28.6 Å². The van der Waals surface area contributed by atoms with Gasteiger partial charge >= 0.3 is 0 Å². The van der Waals surface area contributed by atoms with E-state index in [1.165, 1.54) is 4.68 Å². The fourth-order valence-electron chi connectivity index (χ4n) is 1.95. The third-order valence-corrected chi connectivity index (χ3v) is 3.25. The third kappa shape index (κ3) is 2.84. The maximum absolute atomic E-state index is 11.9. The average molecular weight is 294 g/mol. The van der Waals surface area contributed by atoms with Gasteiger partial charge in [-0.3, -0.25) is 4.79 Å². The van der Waals surface area contributed by atoms with Crippen LogP contribution in [0.5, 0.6) is 5.75 Å². The molecule has 1 heterocycles. The van der Waals surface area contributed by atoms with E-state index in [1.54, 1.807) is 39.4 Å². The second-order valence-corrected chi connectivity index (χ2v) is 4.77. The molecule has 1 N–H and O–H groups in total. The van der Waals surface area contributed by atoms with Crippen molar-refractivity contribution < 1.29 is 4.74 Å². The van der Waals surface area contributed by atoms with Crippen LogP contribution in [0.3, 0.4) is 0 Å². The van der Waals surface area contributed by atoms with E-state index in [2.05, 4.69) is 10.4 Å². The Bertz CT molecular complexity index is 683. The van der Waals surface area contributed by atoms with Crippen LogP contribution < -0.4 is 15.6 Å². The smallest absolute Gasteiger partial charge is 0.271 e. The Morgan fingerprint density at radius 2 is 2.15 bits per heavy atom. The second kappa shape index (κ2) is 6.07. The quantitative estimate of drug-likeness (QED) is 0.934. The van der Waals surface area contributed by atoms with Gasteiger partial charge in [0.05, 0.1) is 17.8 Å². The molecule has 0 amide bonds. The molecule has 1 aromatic carbocycles. The molecule has 6 heteroatoms. The van der Waals surface area contributed by atoms with Crippen LogP contribution in [0, 0.1) is 0 Å². The summed E-state index contributed by atoms with van der Waals surface area (Å²) in [5.41, 5.74) is 2.08. The SMILES string of the molecule is CNCc1cc(-c2ccc(OC)c(Cl)c2)nn(C)c1=O. The maximum atomic E-state index is 11.9. The van der Waals surface area contributed by atoms with Gasteiger partial charge in [-0.1, -0.05) is 11.6 Å². The highest BCUT2D eigenvalue weighted by molar-refractivity contribution is 6.32. The minimum absolute atomic E-state index is 0.109. The molecule has 1 aromatic heterocycles. The Morgan fingerprint density at radius 1 is 1.40 bits per heavy atom. The normalized spacial score (nSPS) is 10.6. The van der Waals surface area contributed by atoms with Crippen LogP contribution in [0.4, 0.5) is 0 Å². The molecular weight excluding hydrogens is 278 g/mol. The van der Waals surface area contributed by atoms with Crippen molar-refractivity contribution >= 4 is 11.6 Å². The number of methoxy groups -OCH3 is 1. The van der Waals surface area contributed by atoms with Crippen LogP contribution >= 0.6 is 11.6 Å². The van der Waals surface area contributed by atoms with Crippen LogP contribution in [0.15, 0.2) is 29.1 Å². The van der Waals surface area contributed by atoms with E-state index in [4.69, 9.17) is 16.3 Å². The molecule has 0 saturated heterocycles. The molecule has 0 aliphatic carbocycles. The molecule has 5 nitrogen and oxygen atoms in total. The van der Waals surface area contributed by atoms with Crippen molar-refractivity contribution in [3.63, 3.8) is 0 Å². The number of hydrogen-bond acceptors (Lipinski definition) is 4. The number of hydrogen-bond donors (Lipinski definition) is 1. The summed E-state index contributed by atoms with van der Waals surface area (Å²) in [5, 5.41) is 7.74. The van der Waals surface area contributed by atoms with Gasteiger partial charge in [0.15, 0.2) is 0 Å². The molecular formula is C14H16ClN3O2. The van der Waals surface area contributed by atoms with Gasteiger partial charge in [-0.2, -0.15) is 5.10 Å². The van der Waals surface area contributed by atoms with Gasteiger partial charge in [0.2, 0.25) is 0 Å². The first-order valence-electron chi connectivity index (χ1n) is 6.12. The number of nitrogens with zero attached hydrogens (tertiary/aromatic N) is 2. The van der Waals surface area contributed by atoms with Crippen molar-refractivity contribution in [3.05, 3.63) is 45.2 Å². The summed E-state index contributed by atoms with van der Waals surface area (Å²) in [5.74, 6) is 0.607. The molecule has 0 atom stereocenters. The first-order chi connectivity index (χ1) is 9.56. The van der Waals surface area contributed by atoms with Crippen molar-refractivity contribution in [2.45, 2.75) is 6.54 Å². The zero-order valence-corrected chi connectivity index (χ0v) is 12.4. The van der Waals surface area contributed by atoms with Crippen LogP contribution in [-0.4, -0.2) is 23.9 Å². The van der Waals surface area contributed by atoms with Crippen molar-refractivity contribution in [1.29, 1.82) is 0 Å². The number of rotatable bonds is 4. The van der Waals surface area contributed by atoms with Crippen molar-refractivity contribution in [2.75, 3.05) is 14.2 Å². The zero-order chi connectivity index (χ0) is 14.7. The Balaban J connectivity index is 2.52. The molecule has 106 valence electrons. The van der Waals surface area contributed by atoms with Crippen molar-refractivity contribution in [3.8, 4) is 17.0 Å². The first-order valence-corrected chi connectivity index (χ1v) is 6.50. The summed E-state index contributed by atoms with van der Waals surface area (Å²) in [7, 11) is 5.00. The summed E-state index contributed by atoms with van der Waals surface area (Å²) in [6.45, 7) is 0.492. The predicted molar refractivity (Wildman–Crippen MR) is 79.2 cm³/mol.